The van der Waals surface area contributed by atoms with Gasteiger partial charge in [-0.05, 0) is 24.6 Å². The summed E-state index contributed by atoms with van der Waals surface area (Å²) in [5.41, 5.74) is 1.18. The van der Waals surface area contributed by atoms with Gasteiger partial charge in [-0.1, -0.05) is 24.8 Å². The van der Waals surface area contributed by atoms with Crippen molar-refractivity contribution >= 4 is 0 Å². The molecule has 0 saturated carbocycles. The number of hydrogen-bond acceptors (Lipinski definition) is 4. The lowest BCUT2D eigenvalue weighted by atomic mass is 10.2. The summed E-state index contributed by atoms with van der Waals surface area (Å²) in [5, 5.41) is 3.36. The SMILES string of the molecule is C=CCOc1ccc(CNC(C)C(OC)OC)cc1. The number of rotatable bonds is 9. The molecule has 1 aromatic rings. The van der Waals surface area contributed by atoms with Gasteiger partial charge >= 0.3 is 0 Å². The Morgan fingerprint density at radius 3 is 2.37 bits per heavy atom. The Balaban J connectivity index is 2.42. The second kappa shape index (κ2) is 8.69. The second-order valence-electron chi connectivity index (χ2n) is 4.25. The standard InChI is InChI=1S/C15H23NO3/c1-5-10-19-14-8-6-13(7-9-14)11-16-12(2)15(17-3)18-4/h5-9,12,15-16H,1,10-11H2,2-4H3. The van der Waals surface area contributed by atoms with Gasteiger partial charge in [0.15, 0.2) is 6.29 Å². The average molecular weight is 265 g/mol. The van der Waals surface area contributed by atoms with E-state index >= 15 is 0 Å². The molecule has 0 amide bonds. The van der Waals surface area contributed by atoms with E-state index in [4.69, 9.17) is 14.2 Å². The third kappa shape index (κ3) is 5.42. The van der Waals surface area contributed by atoms with Crippen molar-refractivity contribution in [2.24, 2.45) is 0 Å². The van der Waals surface area contributed by atoms with Crippen LogP contribution in [-0.4, -0.2) is 33.2 Å². The number of nitrogens with one attached hydrogen (secondary N) is 1. The van der Waals surface area contributed by atoms with Crippen molar-refractivity contribution in [2.45, 2.75) is 25.8 Å². The summed E-state index contributed by atoms with van der Waals surface area (Å²) in [6, 6.07) is 8.09. The first-order valence-corrected chi connectivity index (χ1v) is 6.33. The molecule has 4 nitrogen and oxygen atoms in total. The fourth-order valence-electron chi connectivity index (χ4n) is 1.74. The Bertz CT molecular complexity index is 360. The molecule has 0 radical (unpaired) electrons. The summed E-state index contributed by atoms with van der Waals surface area (Å²) in [6.45, 7) is 6.92. The van der Waals surface area contributed by atoms with E-state index < -0.39 is 0 Å². The van der Waals surface area contributed by atoms with Gasteiger partial charge in [0.1, 0.15) is 12.4 Å². The van der Waals surface area contributed by atoms with E-state index in [0.29, 0.717) is 6.61 Å². The van der Waals surface area contributed by atoms with Gasteiger partial charge in [-0.15, -0.1) is 0 Å². The minimum Gasteiger partial charge on any atom is -0.490 e. The molecule has 1 N–H and O–H groups in total. The minimum atomic E-state index is -0.241. The number of ether oxygens (including phenoxy) is 3. The Morgan fingerprint density at radius 2 is 1.84 bits per heavy atom. The van der Waals surface area contributed by atoms with Crippen LogP contribution in [0.1, 0.15) is 12.5 Å². The van der Waals surface area contributed by atoms with Crippen LogP contribution in [0.4, 0.5) is 0 Å². The third-order valence-electron chi connectivity index (χ3n) is 2.79. The highest BCUT2D eigenvalue weighted by molar-refractivity contribution is 5.27. The zero-order chi connectivity index (χ0) is 14.1. The second-order valence-corrected chi connectivity index (χ2v) is 4.25. The van der Waals surface area contributed by atoms with Crippen molar-refractivity contribution < 1.29 is 14.2 Å². The molecular weight excluding hydrogens is 242 g/mol. The molecule has 0 aliphatic carbocycles. The van der Waals surface area contributed by atoms with E-state index in [1.807, 2.05) is 31.2 Å². The Hall–Kier alpha value is -1.36. The minimum absolute atomic E-state index is 0.117. The largest absolute Gasteiger partial charge is 0.490 e. The predicted molar refractivity (Wildman–Crippen MR) is 76.2 cm³/mol. The zero-order valence-corrected chi connectivity index (χ0v) is 11.9. The zero-order valence-electron chi connectivity index (χ0n) is 11.9. The van der Waals surface area contributed by atoms with Crippen LogP contribution in [0.5, 0.6) is 5.75 Å². The molecule has 0 aliphatic heterocycles. The van der Waals surface area contributed by atoms with Crippen molar-refractivity contribution in [1.29, 1.82) is 0 Å². The fraction of sp³-hybridized carbons (Fsp3) is 0.467. The molecule has 1 aromatic carbocycles. The van der Waals surface area contributed by atoms with Crippen LogP contribution >= 0.6 is 0 Å². The highest BCUT2D eigenvalue weighted by atomic mass is 16.7. The van der Waals surface area contributed by atoms with E-state index in [2.05, 4.69) is 11.9 Å². The van der Waals surface area contributed by atoms with E-state index in [0.717, 1.165) is 12.3 Å². The molecule has 19 heavy (non-hydrogen) atoms. The van der Waals surface area contributed by atoms with Gasteiger partial charge < -0.3 is 19.5 Å². The van der Waals surface area contributed by atoms with E-state index in [9.17, 15) is 0 Å². The van der Waals surface area contributed by atoms with Crippen LogP contribution in [0.2, 0.25) is 0 Å². The van der Waals surface area contributed by atoms with Crippen molar-refractivity contribution in [1.82, 2.24) is 5.32 Å². The number of hydrogen-bond donors (Lipinski definition) is 1. The molecule has 106 valence electrons. The van der Waals surface area contributed by atoms with Gasteiger partial charge in [0.05, 0.1) is 6.04 Å². The van der Waals surface area contributed by atoms with Crippen LogP contribution in [0.15, 0.2) is 36.9 Å². The monoisotopic (exact) mass is 265 g/mol. The molecule has 4 heteroatoms. The Morgan fingerprint density at radius 1 is 1.21 bits per heavy atom. The van der Waals surface area contributed by atoms with Crippen molar-refractivity contribution in [3.05, 3.63) is 42.5 Å². The molecule has 1 unspecified atom stereocenters. The maximum absolute atomic E-state index is 5.43. The Kier molecular flexibility index (Phi) is 7.18. The quantitative estimate of drug-likeness (QED) is 0.549. The highest BCUT2D eigenvalue weighted by Crippen LogP contribution is 2.12. The maximum Gasteiger partial charge on any atom is 0.171 e. The van der Waals surface area contributed by atoms with Crippen molar-refractivity contribution in [3.8, 4) is 5.75 Å². The molecular formula is C15H23NO3. The third-order valence-corrected chi connectivity index (χ3v) is 2.79. The lowest BCUT2D eigenvalue weighted by Gasteiger charge is -2.22. The normalized spacial score (nSPS) is 12.4. The average Bonchev–Trinajstić information content (AvgIpc) is 2.45. The molecule has 1 atom stereocenters. The molecule has 1 rings (SSSR count). The highest BCUT2D eigenvalue weighted by Gasteiger charge is 2.14. The first kappa shape index (κ1) is 15.7. The molecule has 0 bridgehead atoms. The van der Waals surface area contributed by atoms with E-state index in [1.165, 1.54) is 5.56 Å². The summed E-state index contributed by atoms with van der Waals surface area (Å²) in [4.78, 5) is 0. The molecule has 0 spiro atoms. The van der Waals surface area contributed by atoms with Crippen LogP contribution in [0.3, 0.4) is 0 Å². The topological polar surface area (TPSA) is 39.7 Å². The van der Waals surface area contributed by atoms with Gasteiger partial charge in [0.25, 0.3) is 0 Å². The van der Waals surface area contributed by atoms with Crippen molar-refractivity contribution in [2.75, 3.05) is 20.8 Å². The number of methoxy groups -OCH3 is 2. The lowest BCUT2D eigenvalue weighted by Crippen LogP contribution is -2.39. The smallest absolute Gasteiger partial charge is 0.171 e. The lowest BCUT2D eigenvalue weighted by molar-refractivity contribution is -0.119. The first-order valence-electron chi connectivity index (χ1n) is 6.33. The summed E-state index contributed by atoms with van der Waals surface area (Å²) in [5.74, 6) is 0.850. The van der Waals surface area contributed by atoms with Gasteiger partial charge in [-0.2, -0.15) is 0 Å². The maximum atomic E-state index is 5.43. The molecule has 0 saturated heterocycles. The van der Waals surface area contributed by atoms with Crippen LogP contribution in [0, 0.1) is 0 Å². The van der Waals surface area contributed by atoms with Gasteiger partial charge in [-0.25, -0.2) is 0 Å². The van der Waals surface area contributed by atoms with E-state index in [-0.39, 0.29) is 12.3 Å². The first-order chi connectivity index (χ1) is 9.21. The predicted octanol–water partition coefficient (Wildman–Crippen LogP) is 2.35. The fourth-order valence-corrected chi connectivity index (χ4v) is 1.74. The molecule has 0 aromatic heterocycles. The van der Waals surface area contributed by atoms with Gasteiger partial charge in [0.2, 0.25) is 0 Å². The van der Waals surface area contributed by atoms with Crippen LogP contribution in [-0.2, 0) is 16.0 Å². The summed E-state index contributed by atoms with van der Waals surface area (Å²) >= 11 is 0. The van der Waals surface area contributed by atoms with Crippen molar-refractivity contribution in [3.63, 3.8) is 0 Å². The Labute approximate surface area is 115 Å². The molecule has 0 aliphatic rings. The van der Waals surface area contributed by atoms with E-state index in [1.54, 1.807) is 20.3 Å². The van der Waals surface area contributed by atoms with Gasteiger partial charge in [0, 0.05) is 20.8 Å². The number of benzene rings is 1. The summed E-state index contributed by atoms with van der Waals surface area (Å²) < 4.78 is 15.8. The van der Waals surface area contributed by atoms with Crippen LogP contribution in [0.25, 0.3) is 0 Å². The summed E-state index contributed by atoms with van der Waals surface area (Å²) in [6.07, 6.45) is 1.49. The summed E-state index contributed by atoms with van der Waals surface area (Å²) in [7, 11) is 3.27. The van der Waals surface area contributed by atoms with Gasteiger partial charge in [-0.3, -0.25) is 0 Å². The molecule has 0 heterocycles. The van der Waals surface area contributed by atoms with Crippen LogP contribution < -0.4 is 10.1 Å². The molecule has 0 fully saturated rings.